The smallest absolute Gasteiger partial charge is 0.238 e. The Bertz CT molecular complexity index is 694. The molecule has 1 aromatic carbocycles. The maximum absolute atomic E-state index is 12.1. The van der Waals surface area contributed by atoms with Crippen LogP contribution in [0.15, 0.2) is 24.3 Å². The summed E-state index contributed by atoms with van der Waals surface area (Å²) in [6, 6.07) is 6.79. The van der Waals surface area contributed by atoms with Crippen LogP contribution >= 0.6 is 0 Å². The lowest BCUT2D eigenvalue weighted by Crippen LogP contribution is -2.50. The van der Waals surface area contributed by atoms with Gasteiger partial charge in [0.25, 0.3) is 0 Å². The number of anilines is 1. The Morgan fingerprint density at radius 1 is 1.17 bits per heavy atom. The molecule has 1 aromatic rings. The lowest BCUT2D eigenvalue weighted by Gasteiger charge is -2.32. The van der Waals surface area contributed by atoms with Crippen LogP contribution in [-0.2, 0) is 14.8 Å². The molecule has 0 unspecified atom stereocenters. The fourth-order valence-corrected chi connectivity index (χ4v) is 3.27. The first-order valence-electron chi connectivity index (χ1n) is 7.34. The molecular formula is C15H21N3O4S. The van der Waals surface area contributed by atoms with Gasteiger partial charge in [-0.25, -0.2) is 8.42 Å². The number of sulfonamides is 1. The minimum atomic E-state index is -3.17. The first-order chi connectivity index (χ1) is 10.8. The molecule has 1 aliphatic rings. The molecule has 2 rings (SSSR count). The molecule has 126 valence electrons. The van der Waals surface area contributed by atoms with E-state index in [0.29, 0.717) is 37.4 Å². The Morgan fingerprint density at radius 2 is 1.83 bits per heavy atom. The summed E-state index contributed by atoms with van der Waals surface area (Å²) in [5.74, 6) is -0.239. The van der Waals surface area contributed by atoms with Gasteiger partial charge in [0.05, 0.1) is 12.8 Å². The van der Waals surface area contributed by atoms with Crippen LogP contribution in [0.5, 0.6) is 0 Å². The highest BCUT2D eigenvalue weighted by atomic mass is 32.2. The summed E-state index contributed by atoms with van der Waals surface area (Å²) in [4.78, 5) is 25.3. The van der Waals surface area contributed by atoms with Crippen LogP contribution in [0.1, 0.15) is 17.3 Å². The first-order valence-corrected chi connectivity index (χ1v) is 9.19. The van der Waals surface area contributed by atoms with Crippen molar-refractivity contribution in [3.63, 3.8) is 0 Å². The van der Waals surface area contributed by atoms with Gasteiger partial charge in [-0.2, -0.15) is 4.31 Å². The number of hydrogen-bond acceptors (Lipinski definition) is 5. The molecule has 7 nitrogen and oxygen atoms in total. The van der Waals surface area contributed by atoms with Crippen molar-refractivity contribution in [1.29, 1.82) is 0 Å². The zero-order chi connectivity index (χ0) is 17.0. The Morgan fingerprint density at radius 3 is 2.39 bits per heavy atom. The number of rotatable bonds is 5. The van der Waals surface area contributed by atoms with E-state index in [1.807, 2.05) is 4.90 Å². The molecule has 1 fully saturated rings. The summed E-state index contributed by atoms with van der Waals surface area (Å²) in [6.07, 6.45) is 1.19. The van der Waals surface area contributed by atoms with Crippen molar-refractivity contribution in [2.45, 2.75) is 6.92 Å². The number of ketones is 1. The number of hydrogen-bond donors (Lipinski definition) is 1. The van der Waals surface area contributed by atoms with Crippen LogP contribution in [0, 0.1) is 0 Å². The number of amides is 1. The van der Waals surface area contributed by atoms with E-state index >= 15 is 0 Å². The molecule has 0 aliphatic carbocycles. The van der Waals surface area contributed by atoms with Gasteiger partial charge in [0.2, 0.25) is 15.9 Å². The Kier molecular flexibility index (Phi) is 5.51. The van der Waals surface area contributed by atoms with Gasteiger partial charge in [0, 0.05) is 37.4 Å². The minimum Gasteiger partial charge on any atom is -0.325 e. The first kappa shape index (κ1) is 17.6. The number of Topliss-reactive ketones (excluding diaryl/α,β-unsaturated/α-hetero) is 1. The largest absolute Gasteiger partial charge is 0.325 e. The third kappa shape index (κ3) is 5.12. The summed E-state index contributed by atoms with van der Waals surface area (Å²) in [5, 5.41) is 2.76. The fraction of sp³-hybridized carbons (Fsp3) is 0.467. The second-order valence-electron chi connectivity index (χ2n) is 5.62. The summed E-state index contributed by atoms with van der Waals surface area (Å²) in [5.41, 5.74) is 1.13. The molecule has 0 bridgehead atoms. The zero-order valence-electron chi connectivity index (χ0n) is 13.3. The average molecular weight is 339 g/mol. The van der Waals surface area contributed by atoms with Gasteiger partial charge in [-0.05, 0) is 19.1 Å². The van der Waals surface area contributed by atoms with E-state index in [1.54, 1.807) is 24.3 Å². The topological polar surface area (TPSA) is 86.8 Å². The molecule has 0 spiro atoms. The van der Waals surface area contributed by atoms with Crippen molar-refractivity contribution >= 4 is 27.4 Å². The highest BCUT2D eigenvalue weighted by Crippen LogP contribution is 2.12. The van der Waals surface area contributed by atoms with Crippen molar-refractivity contribution in [1.82, 2.24) is 9.21 Å². The van der Waals surface area contributed by atoms with Gasteiger partial charge in [-0.15, -0.1) is 0 Å². The molecule has 1 saturated heterocycles. The van der Waals surface area contributed by atoms with Gasteiger partial charge in [-0.1, -0.05) is 12.1 Å². The predicted molar refractivity (Wildman–Crippen MR) is 87.9 cm³/mol. The number of carbonyl (C=O) groups is 2. The van der Waals surface area contributed by atoms with Crippen LogP contribution in [0.2, 0.25) is 0 Å². The van der Waals surface area contributed by atoms with Gasteiger partial charge < -0.3 is 5.32 Å². The van der Waals surface area contributed by atoms with Crippen molar-refractivity contribution in [3.05, 3.63) is 29.8 Å². The summed E-state index contributed by atoms with van der Waals surface area (Å²) < 4.78 is 24.3. The van der Waals surface area contributed by atoms with Crippen LogP contribution in [-0.4, -0.2) is 68.3 Å². The number of nitrogens with zero attached hydrogens (tertiary/aromatic N) is 2. The summed E-state index contributed by atoms with van der Waals surface area (Å²) in [7, 11) is -3.17. The standard InChI is InChI=1S/C15H21N3O4S/c1-12(19)13-4-3-5-14(10-13)16-15(20)11-17-6-8-18(9-7-17)23(2,21)22/h3-5,10H,6-9,11H2,1-2H3,(H,16,20). The maximum Gasteiger partial charge on any atom is 0.238 e. The normalized spacial score (nSPS) is 17.0. The Labute approximate surface area is 136 Å². The monoisotopic (exact) mass is 339 g/mol. The predicted octanol–water partition coefficient (Wildman–Crippen LogP) is 0.405. The van der Waals surface area contributed by atoms with Gasteiger partial charge in [0.15, 0.2) is 5.78 Å². The third-order valence-electron chi connectivity index (χ3n) is 3.72. The minimum absolute atomic E-state index is 0.0574. The molecule has 23 heavy (non-hydrogen) atoms. The van der Waals surface area contributed by atoms with Crippen molar-refractivity contribution in [2.75, 3.05) is 44.3 Å². The molecule has 0 saturated carbocycles. The molecule has 0 radical (unpaired) electrons. The van der Waals surface area contributed by atoms with E-state index in [-0.39, 0.29) is 18.2 Å². The maximum atomic E-state index is 12.1. The van der Waals surface area contributed by atoms with Crippen LogP contribution in [0.25, 0.3) is 0 Å². The van der Waals surface area contributed by atoms with Crippen LogP contribution < -0.4 is 5.32 Å². The third-order valence-corrected chi connectivity index (χ3v) is 5.02. The van der Waals surface area contributed by atoms with E-state index < -0.39 is 10.0 Å². The zero-order valence-corrected chi connectivity index (χ0v) is 14.1. The second kappa shape index (κ2) is 7.20. The van der Waals surface area contributed by atoms with E-state index in [4.69, 9.17) is 0 Å². The van der Waals surface area contributed by atoms with Crippen molar-refractivity contribution in [3.8, 4) is 0 Å². The summed E-state index contributed by atoms with van der Waals surface area (Å²) in [6.45, 7) is 3.50. The number of benzene rings is 1. The Balaban J connectivity index is 1.86. The lowest BCUT2D eigenvalue weighted by molar-refractivity contribution is -0.117. The highest BCUT2D eigenvalue weighted by Gasteiger charge is 2.24. The Hall–Kier alpha value is -1.77. The fourth-order valence-electron chi connectivity index (χ4n) is 2.44. The quantitative estimate of drug-likeness (QED) is 0.785. The lowest BCUT2D eigenvalue weighted by atomic mass is 10.1. The molecule has 0 atom stereocenters. The molecule has 0 aromatic heterocycles. The molecule has 1 amide bonds. The van der Waals surface area contributed by atoms with Crippen LogP contribution in [0.3, 0.4) is 0 Å². The van der Waals surface area contributed by atoms with Gasteiger partial charge in [0.1, 0.15) is 0 Å². The SMILES string of the molecule is CC(=O)c1cccc(NC(=O)CN2CCN(S(C)(=O)=O)CC2)c1. The van der Waals surface area contributed by atoms with E-state index in [0.717, 1.165) is 0 Å². The van der Waals surface area contributed by atoms with Crippen molar-refractivity contribution in [2.24, 2.45) is 0 Å². The van der Waals surface area contributed by atoms with Gasteiger partial charge >= 0.3 is 0 Å². The number of piperazine rings is 1. The molecule has 1 N–H and O–H groups in total. The molecule has 1 heterocycles. The van der Waals surface area contributed by atoms with Crippen molar-refractivity contribution < 1.29 is 18.0 Å². The molecule has 8 heteroatoms. The van der Waals surface area contributed by atoms with E-state index in [9.17, 15) is 18.0 Å². The average Bonchev–Trinajstić information content (AvgIpc) is 2.47. The number of carbonyl (C=O) groups excluding carboxylic acids is 2. The summed E-state index contributed by atoms with van der Waals surface area (Å²) >= 11 is 0. The highest BCUT2D eigenvalue weighted by molar-refractivity contribution is 7.88. The van der Waals surface area contributed by atoms with Gasteiger partial charge in [-0.3, -0.25) is 14.5 Å². The van der Waals surface area contributed by atoms with E-state index in [1.165, 1.54) is 17.5 Å². The van der Waals surface area contributed by atoms with Crippen LogP contribution in [0.4, 0.5) is 5.69 Å². The van der Waals surface area contributed by atoms with E-state index in [2.05, 4.69) is 5.32 Å². The molecular weight excluding hydrogens is 318 g/mol. The number of nitrogens with one attached hydrogen (secondary N) is 1. The second-order valence-corrected chi connectivity index (χ2v) is 7.61. The molecule has 1 aliphatic heterocycles.